The monoisotopic (exact) mass is 764 g/mol. The van der Waals surface area contributed by atoms with Gasteiger partial charge < -0.3 is 9.88 Å². The maximum Gasteiger partial charge on any atom is 0.159 e. The molecule has 57 heavy (non-hydrogen) atoms. The van der Waals surface area contributed by atoms with Crippen molar-refractivity contribution in [1.82, 2.24) is 9.88 Å². The van der Waals surface area contributed by atoms with Gasteiger partial charge in [0.2, 0.25) is 0 Å². The highest BCUT2D eigenvalue weighted by Gasteiger charge is 2.22. The van der Waals surface area contributed by atoms with Crippen LogP contribution in [-0.4, -0.2) is 16.2 Å². The van der Waals surface area contributed by atoms with Crippen LogP contribution in [0.5, 0.6) is 0 Å². The number of thiophene rings is 2. The van der Waals surface area contributed by atoms with Gasteiger partial charge in [0, 0.05) is 67.9 Å². The smallest absolute Gasteiger partial charge is 0.159 e. The lowest BCUT2D eigenvalue weighted by molar-refractivity contribution is 0.675. The number of nitrogens with one attached hydrogen (secondary N) is 1. The Labute approximate surface area is 336 Å². The van der Waals surface area contributed by atoms with Crippen molar-refractivity contribution >= 4 is 96.5 Å². The molecule has 8 aromatic carbocycles. The lowest BCUT2D eigenvalue weighted by Crippen LogP contribution is -2.33. The summed E-state index contributed by atoms with van der Waals surface area (Å²) in [6.07, 6.45) is -0.277. The second-order valence-corrected chi connectivity index (χ2v) is 16.7. The number of nitrogens with zero attached hydrogens (tertiary/aromatic N) is 3. The van der Waals surface area contributed by atoms with E-state index in [0.29, 0.717) is 0 Å². The van der Waals surface area contributed by atoms with Crippen LogP contribution in [0, 0.1) is 0 Å². The highest BCUT2D eigenvalue weighted by atomic mass is 32.1. The Morgan fingerprint density at radius 3 is 1.89 bits per heavy atom. The molecule has 1 aliphatic heterocycles. The van der Waals surface area contributed by atoms with Crippen molar-refractivity contribution in [1.29, 1.82) is 0 Å². The molecule has 268 valence electrons. The van der Waals surface area contributed by atoms with Gasteiger partial charge in [-0.2, -0.15) is 0 Å². The Morgan fingerprint density at radius 1 is 0.456 bits per heavy atom. The second-order valence-electron chi connectivity index (χ2n) is 14.6. The molecule has 0 bridgehead atoms. The molecule has 0 radical (unpaired) electrons. The fourth-order valence-corrected chi connectivity index (χ4v) is 11.0. The minimum Gasteiger partial charge on any atom is -0.344 e. The molecule has 4 heterocycles. The molecule has 0 spiro atoms. The molecule has 0 saturated heterocycles. The number of benzene rings is 8. The zero-order valence-corrected chi connectivity index (χ0v) is 32.2. The fourth-order valence-electron chi connectivity index (χ4n) is 8.57. The summed E-state index contributed by atoms with van der Waals surface area (Å²) in [5.74, 6) is 1.56. The molecule has 1 unspecified atom stereocenters. The van der Waals surface area contributed by atoms with E-state index in [1.165, 1.54) is 79.0 Å². The summed E-state index contributed by atoms with van der Waals surface area (Å²) in [7, 11) is 0. The van der Waals surface area contributed by atoms with Gasteiger partial charge in [0.15, 0.2) is 5.84 Å². The SMILES string of the molecule is c1ccc(C2=NC(c3ccc4sc5c(-c6ccc7c(c6)sc6cc(-n8c9ccccc9c9ccccc98)ccc67)cccc5c4c3)NC(c3ccccc3)=N2)cc1. The van der Waals surface area contributed by atoms with E-state index in [2.05, 4.69) is 155 Å². The number of fused-ring (bicyclic) bond motifs is 9. The van der Waals surface area contributed by atoms with Gasteiger partial charge in [0.05, 0.1) is 11.0 Å². The highest BCUT2D eigenvalue weighted by Crippen LogP contribution is 2.44. The molecule has 1 aliphatic rings. The third-order valence-electron chi connectivity index (χ3n) is 11.3. The van der Waals surface area contributed by atoms with Crippen molar-refractivity contribution in [2.45, 2.75) is 6.17 Å². The van der Waals surface area contributed by atoms with E-state index in [9.17, 15) is 0 Å². The van der Waals surface area contributed by atoms with Crippen LogP contribution >= 0.6 is 22.7 Å². The number of amidine groups is 2. The van der Waals surface area contributed by atoms with Crippen molar-refractivity contribution in [3.05, 3.63) is 199 Å². The predicted molar refractivity (Wildman–Crippen MR) is 244 cm³/mol. The summed E-state index contributed by atoms with van der Waals surface area (Å²) < 4.78 is 7.57. The molecule has 0 saturated carbocycles. The summed E-state index contributed by atoms with van der Waals surface area (Å²) in [6, 6.07) is 65.5. The van der Waals surface area contributed by atoms with E-state index in [0.717, 1.165) is 28.4 Å². The van der Waals surface area contributed by atoms with Gasteiger partial charge in [-0.1, -0.05) is 140 Å². The summed E-state index contributed by atoms with van der Waals surface area (Å²) >= 11 is 3.75. The maximum absolute atomic E-state index is 5.15. The fraction of sp³-hybridized carbons (Fsp3) is 0.0196. The molecule has 1 atom stereocenters. The number of hydrogen-bond donors (Lipinski definition) is 1. The van der Waals surface area contributed by atoms with Crippen LogP contribution in [-0.2, 0) is 0 Å². The zero-order chi connectivity index (χ0) is 37.5. The maximum atomic E-state index is 5.15. The Balaban J connectivity index is 0.934. The standard InChI is InChI=1S/C51H32N4S2/c1-3-12-31(13-4-1)49-52-50(32-14-5-2-6-15-32)54-51(53-49)34-23-27-45-42(28-34)41-19-11-18-36(48(41)57-45)33-22-25-39-40-26-24-35(30-47(40)56-46(39)29-33)55-43-20-9-7-16-37(43)38-17-8-10-21-44(38)55/h1-30,51H,(H,52,53,54). The van der Waals surface area contributed by atoms with Crippen LogP contribution in [0.2, 0.25) is 0 Å². The van der Waals surface area contributed by atoms with E-state index in [1.54, 1.807) is 0 Å². The lowest BCUT2D eigenvalue weighted by Gasteiger charge is -2.23. The van der Waals surface area contributed by atoms with Crippen molar-refractivity contribution in [2.24, 2.45) is 9.98 Å². The first-order valence-electron chi connectivity index (χ1n) is 19.2. The lowest BCUT2D eigenvalue weighted by atomic mass is 10.0. The van der Waals surface area contributed by atoms with Gasteiger partial charge in [-0.3, -0.25) is 0 Å². The van der Waals surface area contributed by atoms with Gasteiger partial charge in [-0.15, -0.1) is 22.7 Å². The molecule has 6 heteroatoms. The van der Waals surface area contributed by atoms with Crippen LogP contribution < -0.4 is 5.32 Å². The predicted octanol–water partition coefficient (Wildman–Crippen LogP) is 13.7. The molecular weight excluding hydrogens is 733 g/mol. The Kier molecular flexibility index (Phi) is 7.30. The molecule has 1 N–H and O–H groups in total. The van der Waals surface area contributed by atoms with Crippen molar-refractivity contribution in [3.8, 4) is 16.8 Å². The van der Waals surface area contributed by atoms with Crippen LogP contribution in [0.3, 0.4) is 0 Å². The molecular formula is C51H32N4S2. The molecule has 3 aromatic heterocycles. The number of hydrogen-bond acceptors (Lipinski definition) is 5. The minimum absolute atomic E-state index is 0.277. The van der Waals surface area contributed by atoms with E-state index in [4.69, 9.17) is 9.98 Å². The largest absolute Gasteiger partial charge is 0.344 e. The summed E-state index contributed by atoms with van der Waals surface area (Å²) in [5.41, 5.74) is 9.31. The Hall–Kier alpha value is -6.86. The molecule has 0 aliphatic carbocycles. The first kappa shape index (κ1) is 32.4. The van der Waals surface area contributed by atoms with Crippen LogP contribution in [0.25, 0.3) is 79.0 Å². The first-order chi connectivity index (χ1) is 28.2. The average molecular weight is 765 g/mol. The van der Waals surface area contributed by atoms with E-state index < -0.39 is 0 Å². The normalized spacial score (nSPS) is 14.5. The average Bonchev–Trinajstić information content (AvgIpc) is 3.95. The molecule has 0 fully saturated rings. The van der Waals surface area contributed by atoms with Crippen LogP contribution in [0.15, 0.2) is 192 Å². The number of aromatic nitrogens is 1. The molecule has 12 rings (SSSR count). The Bertz CT molecular complexity index is 3390. The van der Waals surface area contributed by atoms with E-state index >= 15 is 0 Å². The minimum atomic E-state index is -0.277. The topological polar surface area (TPSA) is 41.7 Å². The second kappa shape index (κ2) is 12.8. The molecule has 4 nitrogen and oxygen atoms in total. The summed E-state index contributed by atoms with van der Waals surface area (Å²) in [5, 5.41) is 11.3. The summed E-state index contributed by atoms with van der Waals surface area (Å²) in [6.45, 7) is 0. The third-order valence-corrected chi connectivity index (χ3v) is 13.6. The van der Waals surface area contributed by atoms with Gasteiger partial charge in [-0.25, -0.2) is 9.98 Å². The number of aliphatic imine (C=N–C) groups is 2. The van der Waals surface area contributed by atoms with Crippen molar-refractivity contribution in [2.75, 3.05) is 0 Å². The number of rotatable bonds is 5. The zero-order valence-electron chi connectivity index (χ0n) is 30.6. The van der Waals surface area contributed by atoms with Gasteiger partial charge in [0.25, 0.3) is 0 Å². The molecule has 11 aromatic rings. The number of para-hydroxylation sites is 2. The Morgan fingerprint density at radius 2 is 1.12 bits per heavy atom. The third kappa shape index (κ3) is 5.26. The van der Waals surface area contributed by atoms with E-state index in [1.807, 2.05) is 59.1 Å². The van der Waals surface area contributed by atoms with E-state index in [-0.39, 0.29) is 6.17 Å². The first-order valence-corrected chi connectivity index (χ1v) is 20.8. The quantitative estimate of drug-likeness (QED) is 0.186. The van der Waals surface area contributed by atoms with Gasteiger partial charge in [-0.05, 0) is 59.2 Å². The van der Waals surface area contributed by atoms with Gasteiger partial charge in [0.1, 0.15) is 12.0 Å². The molecule has 0 amide bonds. The van der Waals surface area contributed by atoms with Gasteiger partial charge >= 0.3 is 0 Å². The van der Waals surface area contributed by atoms with Crippen LogP contribution in [0.1, 0.15) is 22.9 Å². The summed E-state index contributed by atoms with van der Waals surface area (Å²) in [4.78, 5) is 10.1. The highest BCUT2D eigenvalue weighted by molar-refractivity contribution is 7.26. The van der Waals surface area contributed by atoms with Crippen LogP contribution in [0.4, 0.5) is 0 Å². The van der Waals surface area contributed by atoms with Crippen molar-refractivity contribution in [3.63, 3.8) is 0 Å². The van der Waals surface area contributed by atoms with Crippen molar-refractivity contribution < 1.29 is 0 Å².